The van der Waals surface area contributed by atoms with Crippen LogP contribution in [-0.2, 0) is 10.9 Å². The van der Waals surface area contributed by atoms with Crippen LogP contribution in [0.3, 0.4) is 0 Å². The fraction of sp³-hybridized carbons (Fsp3) is 0.125. The van der Waals surface area contributed by atoms with E-state index in [9.17, 15) is 5.11 Å². The summed E-state index contributed by atoms with van der Waals surface area (Å²) in [6.07, 6.45) is 0. The van der Waals surface area contributed by atoms with Crippen LogP contribution in [0.4, 0.5) is 0 Å². The Morgan fingerprint density at radius 1 is 1.36 bits per heavy atom. The second kappa shape index (κ2) is 4.36. The van der Waals surface area contributed by atoms with Gasteiger partial charge in [0.25, 0.3) is 4.38 Å². The molecule has 0 bridgehead atoms. The summed E-state index contributed by atoms with van der Waals surface area (Å²) >= 11 is 5.56. The molecule has 1 aromatic rings. The first-order valence-electron chi connectivity index (χ1n) is 3.17. The third-order valence-corrected chi connectivity index (χ3v) is 2.27. The van der Waals surface area contributed by atoms with Gasteiger partial charge in [0.2, 0.25) is 0 Å². The molecule has 3 heteroatoms. The largest absolute Gasteiger partial charge is 0.276 e. The van der Waals surface area contributed by atoms with Gasteiger partial charge in [0.15, 0.2) is 0 Å². The van der Waals surface area contributed by atoms with Crippen molar-refractivity contribution in [3.05, 3.63) is 35.9 Å². The fourth-order valence-corrected chi connectivity index (χ4v) is 1.37. The summed E-state index contributed by atoms with van der Waals surface area (Å²) in [5, 5.41) is 10.4. The van der Waals surface area contributed by atoms with Gasteiger partial charge in [-0.3, -0.25) is 5.11 Å². The Balaban J connectivity index is 2.45. The molecule has 0 aliphatic heterocycles. The van der Waals surface area contributed by atoms with Crippen molar-refractivity contribution in [2.75, 3.05) is 0 Å². The lowest BCUT2D eigenvalue weighted by molar-refractivity contribution is 0.456. The Kier molecular flexibility index (Phi) is 3.39. The second-order valence-electron chi connectivity index (χ2n) is 2.02. The summed E-state index contributed by atoms with van der Waals surface area (Å²) in [6, 6.07) is 9.80. The zero-order chi connectivity index (χ0) is 8.10. The normalized spacial score (nSPS) is 9.45. The van der Waals surface area contributed by atoms with Crippen molar-refractivity contribution in [3.63, 3.8) is 0 Å². The molecule has 1 rings (SSSR count). The van der Waals surface area contributed by atoms with E-state index in [1.54, 1.807) is 0 Å². The van der Waals surface area contributed by atoms with Crippen molar-refractivity contribution in [1.29, 1.82) is 0 Å². The first kappa shape index (κ1) is 8.56. The third kappa shape index (κ3) is 3.39. The Hall–Kier alpha value is -0.540. The van der Waals surface area contributed by atoms with Gasteiger partial charge in [-0.15, -0.1) is 0 Å². The number of hydrogen-bond acceptors (Lipinski definition) is 2. The van der Waals surface area contributed by atoms with Gasteiger partial charge in [-0.1, -0.05) is 42.1 Å². The van der Waals surface area contributed by atoms with Crippen LogP contribution in [0, 0.1) is 0 Å². The maximum Gasteiger partial charge on any atom is 0.276 e. The van der Waals surface area contributed by atoms with Gasteiger partial charge in [0, 0.05) is 5.75 Å². The molecule has 1 nitrogen and oxygen atoms in total. The van der Waals surface area contributed by atoms with Crippen molar-refractivity contribution in [2.24, 2.45) is 0 Å². The highest BCUT2D eigenvalue weighted by molar-refractivity contribution is 8.21. The van der Waals surface area contributed by atoms with Crippen LogP contribution in [0.15, 0.2) is 30.3 Å². The van der Waals surface area contributed by atoms with Crippen LogP contribution in [0.2, 0.25) is 0 Å². The molecular weight excluding hydrogens is 176 g/mol. The Labute approximate surface area is 75.4 Å². The van der Waals surface area contributed by atoms with E-state index in [0.29, 0.717) is 5.75 Å². The fourth-order valence-electron chi connectivity index (χ4n) is 0.716. The van der Waals surface area contributed by atoms with Crippen LogP contribution in [0.25, 0.3) is 0 Å². The molecule has 11 heavy (non-hydrogen) atoms. The quantitative estimate of drug-likeness (QED) is 0.657. The highest BCUT2D eigenvalue weighted by Gasteiger charge is 1.95. The number of rotatable bonds is 2. The van der Waals surface area contributed by atoms with Gasteiger partial charge < -0.3 is 0 Å². The predicted octanol–water partition coefficient (Wildman–Crippen LogP) is 2.64. The smallest absolute Gasteiger partial charge is 0.269 e. The van der Waals surface area contributed by atoms with Gasteiger partial charge in [0.1, 0.15) is 0 Å². The predicted molar refractivity (Wildman–Crippen MR) is 51.0 cm³/mol. The molecule has 0 N–H and O–H groups in total. The number of thiocarbonyl (C=S) groups is 1. The molecule has 0 saturated heterocycles. The molecule has 0 aromatic heterocycles. The van der Waals surface area contributed by atoms with E-state index in [0.717, 1.165) is 17.3 Å². The lowest BCUT2D eigenvalue weighted by Gasteiger charge is -1.95. The van der Waals surface area contributed by atoms with Crippen molar-refractivity contribution < 1.29 is 5.11 Å². The summed E-state index contributed by atoms with van der Waals surface area (Å²) in [6.45, 7) is 0. The summed E-state index contributed by atoms with van der Waals surface area (Å²) in [5.74, 6) is 0.684. The van der Waals surface area contributed by atoms with E-state index in [2.05, 4.69) is 12.2 Å². The van der Waals surface area contributed by atoms with Crippen LogP contribution < -0.4 is 0 Å². The average molecular weight is 183 g/mol. The standard InChI is InChI=1S/C8H7OS2/c9-8(10)11-6-7-4-2-1-3-5-7/h1-5H,6H2. The Morgan fingerprint density at radius 3 is 2.55 bits per heavy atom. The highest BCUT2D eigenvalue weighted by Crippen LogP contribution is 2.12. The van der Waals surface area contributed by atoms with Crippen molar-refractivity contribution >= 4 is 28.4 Å². The molecule has 0 spiro atoms. The molecule has 0 amide bonds. The second-order valence-corrected chi connectivity index (χ2v) is 3.60. The van der Waals surface area contributed by atoms with E-state index in [1.165, 1.54) is 0 Å². The molecule has 0 fully saturated rings. The molecular formula is C8H7OS2. The van der Waals surface area contributed by atoms with E-state index in [-0.39, 0.29) is 4.38 Å². The van der Waals surface area contributed by atoms with Crippen molar-refractivity contribution in [1.82, 2.24) is 0 Å². The number of benzene rings is 1. The van der Waals surface area contributed by atoms with Gasteiger partial charge in [-0.2, -0.15) is 0 Å². The summed E-state index contributed by atoms with van der Waals surface area (Å²) < 4.78 is -0.242. The maximum absolute atomic E-state index is 10.4. The van der Waals surface area contributed by atoms with Gasteiger partial charge in [-0.05, 0) is 17.8 Å². The lowest BCUT2D eigenvalue weighted by atomic mass is 10.2. The number of thioether (sulfide) groups is 1. The molecule has 0 atom stereocenters. The average Bonchev–Trinajstić information content (AvgIpc) is 2.03. The van der Waals surface area contributed by atoms with Gasteiger partial charge >= 0.3 is 0 Å². The lowest BCUT2D eigenvalue weighted by Crippen LogP contribution is -1.83. The monoisotopic (exact) mass is 183 g/mol. The Morgan fingerprint density at radius 2 is 2.00 bits per heavy atom. The van der Waals surface area contributed by atoms with E-state index < -0.39 is 0 Å². The van der Waals surface area contributed by atoms with E-state index >= 15 is 0 Å². The first-order valence-corrected chi connectivity index (χ1v) is 4.56. The summed E-state index contributed by atoms with van der Waals surface area (Å²) in [7, 11) is 0. The maximum atomic E-state index is 10.4. The topological polar surface area (TPSA) is 19.9 Å². The molecule has 0 saturated carbocycles. The zero-order valence-electron chi connectivity index (χ0n) is 5.82. The van der Waals surface area contributed by atoms with Crippen LogP contribution in [-0.4, -0.2) is 4.38 Å². The van der Waals surface area contributed by atoms with Crippen LogP contribution >= 0.6 is 24.0 Å². The molecule has 0 unspecified atom stereocenters. The molecule has 0 heterocycles. The minimum absolute atomic E-state index is 0.242. The molecule has 0 aliphatic carbocycles. The zero-order valence-corrected chi connectivity index (χ0v) is 7.45. The minimum Gasteiger partial charge on any atom is -0.269 e. The van der Waals surface area contributed by atoms with Crippen LogP contribution in [0.1, 0.15) is 5.56 Å². The SMILES string of the molecule is [O]C(=S)SCc1ccccc1. The number of hydrogen-bond donors (Lipinski definition) is 0. The Bertz CT molecular complexity index is 233. The van der Waals surface area contributed by atoms with E-state index in [1.807, 2.05) is 30.3 Å². The van der Waals surface area contributed by atoms with Gasteiger partial charge in [0.05, 0.1) is 0 Å². The summed E-state index contributed by atoms with van der Waals surface area (Å²) in [4.78, 5) is 0. The van der Waals surface area contributed by atoms with Gasteiger partial charge in [-0.25, -0.2) is 0 Å². The molecule has 57 valence electrons. The van der Waals surface area contributed by atoms with Crippen molar-refractivity contribution in [2.45, 2.75) is 5.75 Å². The van der Waals surface area contributed by atoms with E-state index in [4.69, 9.17) is 0 Å². The van der Waals surface area contributed by atoms with Crippen molar-refractivity contribution in [3.8, 4) is 0 Å². The molecule has 1 radical (unpaired) electrons. The third-order valence-electron chi connectivity index (χ3n) is 1.20. The minimum atomic E-state index is -0.242. The van der Waals surface area contributed by atoms with Crippen LogP contribution in [0.5, 0.6) is 0 Å². The summed E-state index contributed by atoms with van der Waals surface area (Å²) in [5.41, 5.74) is 1.13. The first-order chi connectivity index (χ1) is 5.29. The highest BCUT2D eigenvalue weighted by atomic mass is 32.2. The molecule has 0 aliphatic rings. The molecule has 1 aromatic carbocycles.